The molecule has 0 atom stereocenters. The summed E-state index contributed by atoms with van der Waals surface area (Å²) in [6.07, 6.45) is 0. The Bertz CT molecular complexity index is 667. The van der Waals surface area contributed by atoms with Gasteiger partial charge in [0.1, 0.15) is 11.8 Å². The Balaban J connectivity index is 2.29. The molecule has 0 fully saturated rings. The molecule has 3 nitrogen and oxygen atoms in total. The number of hydrogen-bond acceptors (Lipinski definition) is 3. The van der Waals surface area contributed by atoms with E-state index in [1.807, 2.05) is 12.1 Å². The highest BCUT2D eigenvalue weighted by atomic mass is 79.9. The number of ether oxygens (including phenoxy) is 2. The summed E-state index contributed by atoms with van der Waals surface area (Å²) in [6.45, 7) is 0.455. The smallest absolute Gasteiger partial charge is 0.181 e. The van der Waals surface area contributed by atoms with Crippen molar-refractivity contribution in [2.75, 3.05) is 7.11 Å². The Morgan fingerprint density at radius 3 is 2.80 bits per heavy atom. The quantitative estimate of drug-likeness (QED) is 0.831. The fraction of sp³-hybridized carbons (Fsp3) is 0.133. The first-order chi connectivity index (χ1) is 9.65. The minimum Gasteiger partial charge on any atom is -0.454 e. The van der Waals surface area contributed by atoms with Crippen molar-refractivity contribution in [3.63, 3.8) is 0 Å². The van der Waals surface area contributed by atoms with Gasteiger partial charge in [0.15, 0.2) is 11.6 Å². The molecule has 2 aromatic rings. The van der Waals surface area contributed by atoms with Gasteiger partial charge < -0.3 is 9.47 Å². The van der Waals surface area contributed by atoms with E-state index in [0.717, 1.165) is 5.56 Å². The summed E-state index contributed by atoms with van der Waals surface area (Å²) in [7, 11) is 1.60. The Labute approximate surface area is 124 Å². The van der Waals surface area contributed by atoms with E-state index < -0.39 is 5.82 Å². The van der Waals surface area contributed by atoms with Gasteiger partial charge in [-0.2, -0.15) is 5.26 Å². The third kappa shape index (κ3) is 3.16. The van der Waals surface area contributed by atoms with Gasteiger partial charge in [-0.1, -0.05) is 12.1 Å². The molecule has 0 unspecified atom stereocenters. The van der Waals surface area contributed by atoms with Crippen LogP contribution in [0.25, 0.3) is 0 Å². The van der Waals surface area contributed by atoms with Crippen LogP contribution in [0.1, 0.15) is 11.1 Å². The Kier molecular flexibility index (Phi) is 4.72. The maximum atomic E-state index is 14.0. The summed E-state index contributed by atoms with van der Waals surface area (Å²) in [4.78, 5) is 0. The van der Waals surface area contributed by atoms with Gasteiger partial charge in [0.25, 0.3) is 0 Å². The van der Waals surface area contributed by atoms with E-state index in [4.69, 9.17) is 14.7 Å². The van der Waals surface area contributed by atoms with Crippen LogP contribution >= 0.6 is 15.9 Å². The van der Waals surface area contributed by atoms with Crippen LogP contribution in [0.4, 0.5) is 4.39 Å². The zero-order valence-corrected chi connectivity index (χ0v) is 12.3. The largest absolute Gasteiger partial charge is 0.454 e. The van der Waals surface area contributed by atoms with Gasteiger partial charge in [-0.3, -0.25) is 0 Å². The standard InChI is InChI=1S/C15H11BrFNO2/c1-19-9-10-3-2-4-12(7-10)20-13-6-5-11(8-18)14(16)15(13)17/h2-7H,9H2,1H3. The molecule has 20 heavy (non-hydrogen) atoms. The fourth-order valence-electron chi connectivity index (χ4n) is 1.69. The van der Waals surface area contributed by atoms with Crippen molar-refractivity contribution in [2.45, 2.75) is 6.61 Å². The van der Waals surface area contributed by atoms with Gasteiger partial charge in [0, 0.05) is 7.11 Å². The normalized spacial score (nSPS) is 10.1. The van der Waals surface area contributed by atoms with Crippen LogP contribution in [0.2, 0.25) is 0 Å². The average Bonchev–Trinajstić information content (AvgIpc) is 2.45. The summed E-state index contributed by atoms with van der Waals surface area (Å²) < 4.78 is 24.7. The molecule has 0 aromatic heterocycles. The molecule has 0 N–H and O–H groups in total. The maximum Gasteiger partial charge on any atom is 0.181 e. The van der Waals surface area contributed by atoms with Crippen LogP contribution in [0.15, 0.2) is 40.9 Å². The predicted octanol–water partition coefficient (Wildman–Crippen LogP) is 4.40. The molecular formula is C15H11BrFNO2. The maximum absolute atomic E-state index is 14.0. The highest BCUT2D eigenvalue weighted by Gasteiger charge is 2.13. The summed E-state index contributed by atoms with van der Waals surface area (Å²) in [5, 5.41) is 8.82. The lowest BCUT2D eigenvalue weighted by atomic mass is 10.2. The van der Waals surface area contributed by atoms with Crippen molar-refractivity contribution in [1.82, 2.24) is 0 Å². The van der Waals surface area contributed by atoms with Crippen molar-refractivity contribution in [2.24, 2.45) is 0 Å². The van der Waals surface area contributed by atoms with Crippen molar-refractivity contribution in [3.8, 4) is 17.6 Å². The monoisotopic (exact) mass is 335 g/mol. The van der Waals surface area contributed by atoms with Gasteiger partial charge in [-0.25, -0.2) is 4.39 Å². The second-order valence-corrected chi connectivity index (χ2v) is 4.83. The molecule has 102 valence electrons. The first-order valence-corrected chi connectivity index (χ1v) is 6.59. The molecule has 0 aliphatic rings. The Morgan fingerprint density at radius 1 is 1.30 bits per heavy atom. The number of halogens is 2. The first kappa shape index (κ1) is 14.5. The zero-order valence-electron chi connectivity index (χ0n) is 10.7. The number of nitriles is 1. The van der Waals surface area contributed by atoms with Crippen LogP contribution in [0, 0.1) is 17.1 Å². The molecule has 0 heterocycles. The summed E-state index contributed by atoms with van der Waals surface area (Å²) in [5.41, 5.74) is 1.15. The van der Waals surface area contributed by atoms with Crippen LogP contribution in [-0.4, -0.2) is 7.11 Å². The summed E-state index contributed by atoms with van der Waals surface area (Å²) >= 11 is 3.05. The van der Waals surface area contributed by atoms with Crippen molar-refractivity contribution in [1.29, 1.82) is 5.26 Å². The molecule has 0 aliphatic carbocycles. The lowest BCUT2D eigenvalue weighted by Crippen LogP contribution is -1.93. The number of methoxy groups -OCH3 is 1. The Morgan fingerprint density at radius 2 is 2.10 bits per heavy atom. The van der Waals surface area contributed by atoms with Gasteiger partial charge in [-0.05, 0) is 45.8 Å². The second kappa shape index (κ2) is 6.51. The summed E-state index contributed by atoms with van der Waals surface area (Å²) in [5.74, 6) is -0.0262. The van der Waals surface area contributed by atoms with Gasteiger partial charge in [-0.15, -0.1) is 0 Å². The minimum atomic E-state index is -0.596. The SMILES string of the molecule is COCc1cccc(Oc2ccc(C#N)c(Br)c2F)c1. The van der Waals surface area contributed by atoms with Crippen molar-refractivity contribution in [3.05, 3.63) is 57.8 Å². The fourth-order valence-corrected chi connectivity index (χ4v) is 2.11. The zero-order chi connectivity index (χ0) is 14.5. The van der Waals surface area contributed by atoms with E-state index >= 15 is 0 Å². The van der Waals surface area contributed by atoms with Crippen molar-refractivity contribution >= 4 is 15.9 Å². The van der Waals surface area contributed by atoms with E-state index in [1.54, 1.807) is 25.3 Å². The minimum absolute atomic E-state index is 0.0606. The topological polar surface area (TPSA) is 42.2 Å². The number of nitrogens with zero attached hydrogens (tertiary/aromatic N) is 1. The number of rotatable bonds is 4. The van der Waals surface area contributed by atoms with Crippen LogP contribution in [0.3, 0.4) is 0 Å². The van der Waals surface area contributed by atoms with E-state index in [2.05, 4.69) is 15.9 Å². The third-order valence-electron chi connectivity index (χ3n) is 2.60. The number of benzene rings is 2. The average molecular weight is 336 g/mol. The van der Waals surface area contributed by atoms with Gasteiger partial charge in [0.05, 0.1) is 16.6 Å². The molecule has 0 radical (unpaired) electrons. The predicted molar refractivity (Wildman–Crippen MR) is 76.0 cm³/mol. The molecule has 2 aromatic carbocycles. The Hall–Kier alpha value is -1.90. The molecule has 0 spiro atoms. The van der Waals surface area contributed by atoms with E-state index in [9.17, 15) is 4.39 Å². The van der Waals surface area contributed by atoms with E-state index in [1.165, 1.54) is 12.1 Å². The molecule has 0 saturated carbocycles. The van der Waals surface area contributed by atoms with Gasteiger partial charge >= 0.3 is 0 Å². The molecule has 0 aliphatic heterocycles. The van der Waals surface area contributed by atoms with Crippen LogP contribution < -0.4 is 4.74 Å². The lowest BCUT2D eigenvalue weighted by Gasteiger charge is -2.09. The van der Waals surface area contributed by atoms with Crippen LogP contribution in [-0.2, 0) is 11.3 Å². The van der Waals surface area contributed by atoms with E-state index in [-0.39, 0.29) is 15.8 Å². The molecular weight excluding hydrogens is 325 g/mol. The summed E-state index contributed by atoms with van der Waals surface area (Å²) in [6, 6.07) is 12.0. The van der Waals surface area contributed by atoms with E-state index in [0.29, 0.717) is 12.4 Å². The molecule has 5 heteroatoms. The highest BCUT2D eigenvalue weighted by molar-refractivity contribution is 9.10. The third-order valence-corrected chi connectivity index (χ3v) is 3.38. The lowest BCUT2D eigenvalue weighted by molar-refractivity contribution is 0.184. The van der Waals surface area contributed by atoms with Gasteiger partial charge in [0.2, 0.25) is 0 Å². The molecule has 0 saturated heterocycles. The highest BCUT2D eigenvalue weighted by Crippen LogP contribution is 2.31. The number of hydrogen-bond donors (Lipinski definition) is 0. The van der Waals surface area contributed by atoms with Crippen molar-refractivity contribution < 1.29 is 13.9 Å². The first-order valence-electron chi connectivity index (χ1n) is 5.79. The molecule has 2 rings (SSSR count). The van der Waals surface area contributed by atoms with Crippen LogP contribution in [0.5, 0.6) is 11.5 Å². The molecule has 0 amide bonds. The second-order valence-electron chi connectivity index (χ2n) is 4.03. The molecule has 0 bridgehead atoms.